The number of urea groups is 1. The number of anilines is 1. The predicted octanol–water partition coefficient (Wildman–Crippen LogP) is 1.73. The molecule has 3 amide bonds. The molecule has 0 spiro atoms. The van der Waals surface area contributed by atoms with Gasteiger partial charge in [-0.05, 0) is 32.9 Å². The van der Waals surface area contributed by atoms with Crippen LogP contribution in [0, 0.1) is 0 Å². The van der Waals surface area contributed by atoms with Gasteiger partial charge in [-0.2, -0.15) is 0 Å². The van der Waals surface area contributed by atoms with Crippen LogP contribution in [0.25, 0.3) is 0 Å². The van der Waals surface area contributed by atoms with Crippen molar-refractivity contribution in [1.29, 1.82) is 0 Å². The maximum Gasteiger partial charge on any atom is 0.321 e. The minimum Gasteiger partial charge on any atom is -0.495 e. The lowest BCUT2D eigenvalue weighted by Gasteiger charge is -2.20. The van der Waals surface area contributed by atoms with Crippen molar-refractivity contribution in [2.24, 2.45) is 0 Å². The van der Waals surface area contributed by atoms with Gasteiger partial charge in [0.2, 0.25) is 5.91 Å². The summed E-state index contributed by atoms with van der Waals surface area (Å²) in [5, 5.41) is 7.81. The number of imide groups is 1. The summed E-state index contributed by atoms with van der Waals surface area (Å²) in [4.78, 5) is 23.1. The molecule has 0 saturated carbocycles. The summed E-state index contributed by atoms with van der Waals surface area (Å²) < 4.78 is 5.15. The molecule has 0 atom stereocenters. The van der Waals surface area contributed by atoms with Gasteiger partial charge in [-0.3, -0.25) is 10.1 Å². The van der Waals surface area contributed by atoms with Crippen LogP contribution in [0.15, 0.2) is 24.3 Å². The second-order valence-corrected chi connectivity index (χ2v) is 5.31. The molecule has 3 N–H and O–H groups in total. The van der Waals surface area contributed by atoms with Crippen LogP contribution in [-0.2, 0) is 4.79 Å². The summed E-state index contributed by atoms with van der Waals surface area (Å²) >= 11 is 0. The van der Waals surface area contributed by atoms with Gasteiger partial charge in [0.1, 0.15) is 5.75 Å². The quantitative estimate of drug-likeness (QED) is 0.784. The molecule has 6 nitrogen and oxygen atoms in total. The highest BCUT2D eigenvalue weighted by atomic mass is 16.5. The largest absolute Gasteiger partial charge is 0.495 e. The Morgan fingerprint density at radius 1 is 1.20 bits per heavy atom. The van der Waals surface area contributed by atoms with Crippen molar-refractivity contribution in [3.05, 3.63) is 24.3 Å². The molecule has 0 heterocycles. The third kappa shape index (κ3) is 5.60. The van der Waals surface area contributed by atoms with Gasteiger partial charge in [0.05, 0.1) is 19.3 Å². The monoisotopic (exact) mass is 279 g/mol. The average molecular weight is 279 g/mol. The fraction of sp³-hybridized carbons (Fsp3) is 0.429. The molecule has 1 rings (SSSR count). The number of carbonyl (C=O) groups is 2. The Kier molecular flexibility index (Phi) is 5.37. The maximum absolute atomic E-state index is 11.6. The van der Waals surface area contributed by atoms with Gasteiger partial charge in [0.25, 0.3) is 0 Å². The van der Waals surface area contributed by atoms with Gasteiger partial charge < -0.3 is 15.4 Å². The van der Waals surface area contributed by atoms with E-state index in [4.69, 9.17) is 4.74 Å². The SMILES string of the molecule is COc1ccccc1NCC(=O)NC(=O)NC(C)(C)C. The van der Waals surface area contributed by atoms with Crippen molar-refractivity contribution >= 4 is 17.6 Å². The van der Waals surface area contributed by atoms with Crippen molar-refractivity contribution in [2.75, 3.05) is 19.0 Å². The molecule has 0 radical (unpaired) electrons. The van der Waals surface area contributed by atoms with Crippen LogP contribution >= 0.6 is 0 Å². The van der Waals surface area contributed by atoms with E-state index in [2.05, 4.69) is 16.0 Å². The third-order valence-electron chi connectivity index (χ3n) is 2.29. The molecule has 0 saturated heterocycles. The first-order valence-electron chi connectivity index (χ1n) is 6.31. The minimum absolute atomic E-state index is 0.0159. The fourth-order valence-corrected chi connectivity index (χ4v) is 1.51. The van der Waals surface area contributed by atoms with E-state index in [1.165, 1.54) is 0 Å². The number of para-hydroxylation sites is 2. The summed E-state index contributed by atoms with van der Waals surface area (Å²) in [5.41, 5.74) is 0.307. The van der Waals surface area contributed by atoms with Gasteiger partial charge in [0.15, 0.2) is 0 Å². The molecule has 0 aliphatic heterocycles. The lowest BCUT2D eigenvalue weighted by atomic mass is 10.1. The lowest BCUT2D eigenvalue weighted by Crippen LogP contribution is -2.49. The van der Waals surface area contributed by atoms with E-state index in [1.807, 2.05) is 32.9 Å². The zero-order valence-electron chi connectivity index (χ0n) is 12.2. The standard InChI is InChI=1S/C14H21N3O3/c1-14(2,3)17-13(19)16-12(18)9-15-10-7-5-6-8-11(10)20-4/h5-8,15H,9H2,1-4H3,(H2,16,17,18,19). The van der Waals surface area contributed by atoms with Gasteiger partial charge in [-0.25, -0.2) is 4.79 Å². The second kappa shape index (κ2) is 6.79. The molecular formula is C14H21N3O3. The third-order valence-corrected chi connectivity index (χ3v) is 2.29. The summed E-state index contributed by atoms with van der Waals surface area (Å²) in [7, 11) is 1.55. The van der Waals surface area contributed by atoms with Crippen molar-refractivity contribution in [1.82, 2.24) is 10.6 Å². The van der Waals surface area contributed by atoms with E-state index < -0.39 is 11.9 Å². The van der Waals surface area contributed by atoms with Crippen LogP contribution in [0.2, 0.25) is 0 Å². The van der Waals surface area contributed by atoms with E-state index in [0.29, 0.717) is 11.4 Å². The highest BCUT2D eigenvalue weighted by Crippen LogP contribution is 2.22. The Balaban J connectivity index is 2.46. The van der Waals surface area contributed by atoms with Crippen LogP contribution in [0.3, 0.4) is 0 Å². The van der Waals surface area contributed by atoms with Gasteiger partial charge in [-0.15, -0.1) is 0 Å². The van der Waals surface area contributed by atoms with Crippen molar-refractivity contribution in [3.8, 4) is 5.75 Å². The molecule has 110 valence electrons. The molecule has 0 aliphatic rings. The lowest BCUT2D eigenvalue weighted by molar-refractivity contribution is -0.118. The number of carbonyl (C=O) groups excluding carboxylic acids is 2. The minimum atomic E-state index is -0.510. The number of methoxy groups -OCH3 is 1. The molecule has 6 heteroatoms. The first-order chi connectivity index (χ1) is 9.31. The number of rotatable bonds is 4. The number of benzene rings is 1. The molecule has 0 unspecified atom stereocenters. The fourth-order valence-electron chi connectivity index (χ4n) is 1.51. The Labute approximate surface area is 118 Å². The van der Waals surface area contributed by atoms with E-state index in [-0.39, 0.29) is 12.1 Å². The molecular weight excluding hydrogens is 258 g/mol. The Bertz CT molecular complexity index is 481. The van der Waals surface area contributed by atoms with Crippen LogP contribution in [0.5, 0.6) is 5.75 Å². The Hall–Kier alpha value is -2.24. The summed E-state index contributed by atoms with van der Waals surface area (Å²) in [6.45, 7) is 5.50. The Morgan fingerprint density at radius 3 is 2.45 bits per heavy atom. The summed E-state index contributed by atoms with van der Waals surface area (Å²) in [5.74, 6) is 0.220. The van der Waals surface area contributed by atoms with E-state index in [1.54, 1.807) is 19.2 Å². The number of hydrogen-bond donors (Lipinski definition) is 3. The van der Waals surface area contributed by atoms with E-state index in [9.17, 15) is 9.59 Å². The Morgan fingerprint density at radius 2 is 1.85 bits per heavy atom. The normalized spacial score (nSPS) is 10.6. The first kappa shape index (κ1) is 15.8. The van der Waals surface area contributed by atoms with Gasteiger partial charge in [0, 0.05) is 5.54 Å². The molecule has 20 heavy (non-hydrogen) atoms. The molecule has 0 aliphatic carbocycles. The number of hydrogen-bond acceptors (Lipinski definition) is 4. The zero-order valence-corrected chi connectivity index (χ0v) is 12.2. The number of amides is 3. The van der Waals surface area contributed by atoms with Crippen molar-refractivity contribution in [2.45, 2.75) is 26.3 Å². The summed E-state index contributed by atoms with van der Waals surface area (Å²) in [6, 6.07) is 6.73. The van der Waals surface area contributed by atoms with Crippen LogP contribution in [-0.4, -0.2) is 31.1 Å². The smallest absolute Gasteiger partial charge is 0.321 e. The number of nitrogens with one attached hydrogen (secondary N) is 3. The predicted molar refractivity (Wildman–Crippen MR) is 77.9 cm³/mol. The zero-order chi connectivity index (χ0) is 15.2. The number of ether oxygens (including phenoxy) is 1. The molecule has 0 fully saturated rings. The second-order valence-electron chi connectivity index (χ2n) is 5.31. The van der Waals surface area contributed by atoms with Crippen LogP contribution in [0.4, 0.5) is 10.5 Å². The highest BCUT2D eigenvalue weighted by Gasteiger charge is 2.15. The van der Waals surface area contributed by atoms with Crippen LogP contribution < -0.4 is 20.7 Å². The molecule has 0 aromatic heterocycles. The maximum atomic E-state index is 11.6. The van der Waals surface area contributed by atoms with E-state index in [0.717, 1.165) is 0 Å². The van der Waals surface area contributed by atoms with Gasteiger partial charge in [-0.1, -0.05) is 12.1 Å². The van der Waals surface area contributed by atoms with Gasteiger partial charge >= 0.3 is 6.03 Å². The molecule has 0 bridgehead atoms. The van der Waals surface area contributed by atoms with Crippen molar-refractivity contribution < 1.29 is 14.3 Å². The average Bonchev–Trinajstić information content (AvgIpc) is 2.34. The first-order valence-corrected chi connectivity index (χ1v) is 6.31. The molecule has 1 aromatic carbocycles. The molecule has 1 aromatic rings. The van der Waals surface area contributed by atoms with E-state index >= 15 is 0 Å². The van der Waals surface area contributed by atoms with Crippen molar-refractivity contribution in [3.63, 3.8) is 0 Å². The highest BCUT2D eigenvalue weighted by molar-refractivity contribution is 5.96. The summed E-state index contributed by atoms with van der Waals surface area (Å²) in [6.07, 6.45) is 0. The topological polar surface area (TPSA) is 79.5 Å². The van der Waals surface area contributed by atoms with Crippen LogP contribution in [0.1, 0.15) is 20.8 Å².